The van der Waals surface area contributed by atoms with Crippen LogP contribution in [-0.2, 0) is 19.1 Å². The molecule has 0 spiro atoms. The van der Waals surface area contributed by atoms with Crippen molar-refractivity contribution in [1.82, 2.24) is 0 Å². The zero-order valence-electron chi connectivity index (χ0n) is 20.7. The first-order chi connectivity index (χ1) is 15.5. The van der Waals surface area contributed by atoms with Gasteiger partial charge in [-0.3, -0.25) is 9.59 Å². The van der Waals surface area contributed by atoms with Crippen LogP contribution in [0.2, 0.25) is 0 Å². The average Bonchev–Trinajstić information content (AvgIpc) is 2.77. The van der Waals surface area contributed by atoms with Crippen molar-refractivity contribution in [3.05, 3.63) is 23.8 Å². The summed E-state index contributed by atoms with van der Waals surface area (Å²) in [5.41, 5.74) is 0.504. The van der Waals surface area contributed by atoms with Crippen LogP contribution >= 0.6 is 0 Å². The number of allylic oxidation sites excluding steroid dienone is 2. The highest BCUT2D eigenvalue weighted by Crippen LogP contribution is 2.45. The number of hydrogen-bond donors (Lipinski definition) is 3. The minimum absolute atomic E-state index is 0.00315. The molecule has 7 atom stereocenters. The Morgan fingerprint density at radius 3 is 2.55 bits per heavy atom. The fraction of sp³-hybridized carbons (Fsp3) is 0.769. The molecule has 2 aliphatic carbocycles. The quantitative estimate of drug-likeness (QED) is 0.401. The number of carbonyl (C=O) groups is 2. The molecule has 0 saturated carbocycles. The highest BCUT2D eigenvalue weighted by Gasteiger charge is 2.43. The number of aliphatic hydroxyl groups is 3. The molecule has 0 aliphatic heterocycles. The van der Waals surface area contributed by atoms with E-state index in [1.165, 1.54) is 7.11 Å². The van der Waals surface area contributed by atoms with E-state index >= 15 is 0 Å². The zero-order valence-corrected chi connectivity index (χ0v) is 20.7. The topological polar surface area (TPSA) is 113 Å². The fourth-order valence-electron chi connectivity index (χ4n) is 4.84. The van der Waals surface area contributed by atoms with Crippen molar-refractivity contribution in [2.24, 2.45) is 29.1 Å². The maximum atomic E-state index is 12.9. The van der Waals surface area contributed by atoms with Crippen molar-refractivity contribution in [3.63, 3.8) is 0 Å². The summed E-state index contributed by atoms with van der Waals surface area (Å²) in [6.07, 6.45) is 6.66. The lowest BCUT2D eigenvalue weighted by Crippen LogP contribution is -2.43. The van der Waals surface area contributed by atoms with E-state index in [2.05, 4.69) is 29.9 Å². The normalized spacial score (nSPS) is 29.0. The predicted molar refractivity (Wildman–Crippen MR) is 125 cm³/mol. The molecular weight excluding hydrogens is 424 g/mol. The van der Waals surface area contributed by atoms with Crippen LogP contribution in [0, 0.1) is 29.1 Å². The van der Waals surface area contributed by atoms with Gasteiger partial charge in [-0.15, -0.1) is 0 Å². The van der Waals surface area contributed by atoms with Crippen molar-refractivity contribution in [2.45, 2.75) is 84.5 Å². The molecule has 33 heavy (non-hydrogen) atoms. The van der Waals surface area contributed by atoms with Gasteiger partial charge in [-0.1, -0.05) is 32.1 Å². The van der Waals surface area contributed by atoms with Gasteiger partial charge in [0.2, 0.25) is 0 Å². The molecule has 3 N–H and O–H groups in total. The molecular formula is C26H42O7. The van der Waals surface area contributed by atoms with Crippen molar-refractivity contribution in [2.75, 3.05) is 13.7 Å². The average molecular weight is 467 g/mol. The summed E-state index contributed by atoms with van der Waals surface area (Å²) < 4.78 is 10.6. The van der Waals surface area contributed by atoms with E-state index in [0.29, 0.717) is 25.7 Å². The van der Waals surface area contributed by atoms with Gasteiger partial charge >= 0.3 is 11.9 Å². The molecule has 0 bridgehead atoms. The lowest BCUT2D eigenvalue weighted by Gasteiger charge is -2.44. The van der Waals surface area contributed by atoms with Gasteiger partial charge in [0.25, 0.3) is 0 Å². The number of fused-ring (bicyclic) bond motifs is 1. The summed E-state index contributed by atoms with van der Waals surface area (Å²) in [6.45, 7) is 7.87. The second-order valence-electron chi connectivity index (χ2n) is 10.3. The third-order valence-corrected chi connectivity index (χ3v) is 7.41. The summed E-state index contributed by atoms with van der Waals surface area (Å²) in [4.78, 5) is 24.2. The lowest BCUT2D eigenvalue weighted by atomic mass is 9.65. The molecule has 0 aromatic carbocycles. The van der Waals surface area contributed by atoms with Gasteiger partial charge in [-0.25, -0.2) is 0 Å². The van der Waals surface area contributed by atoms with E-state index in [-0.39, 0.29) is 55.2 Å². The Labute approximate surface area is 197 Å². The number of carbonyl (C=O) groups excluding carboxylic acids is 2. The molecule has 188 valence electrons. The summed E-state index contributed by atoms with van der Waals surface area (Å²) in [5, 5.41) is 30.3. The standard InChI is InChI=1S/C26H42O7/c1-6-26(3,4)25(31)33-22-12-17(15-27)11-18-8-7-16(2)21(24(18)22)10-9-19(28)13-20(29)14-23(30)32-5/h7-8,11,16-17,19-22,24,27-29H,6,9-10,12-15H2,1-5H3/t16-,17+,19+,20+,21-,22-,24-/m0/s1. The van der Waals surface area contributed by atoms with Crippen LogP contribution < -0.4 is 0 Å². The van der Waals surface area contributed by atoms with Crippen LogP contribution in [-0.4, -0.2) is 59.3 Å². The lowest BCUT2D eigenvalue weighted by molar-refractivity contribution is -0.165. The molecule has 0 heterocycles. The van der Waals surface area contributed by atoms with Gasteiger partial charge in [0.1, 0.15) is 6.10 Å². The minimum atomic E-state index is -0.948. The van der Waals surface area contributed by atoms with E-state index in [4.69, 9.17) is 4.74 Å². The van der Waals surface area contributed by atoms with Crippen LogP contribution in [0.15, 0.2) is 23.8 Å². The Morgan fingerprint density at radius 2 is 1.94 bits per heavy atom. The molecule has 7 nitrogen and oxygen atoms in total. The summed E-state index contributed by atoms with van der Waals surface area (Å²) in [7, 11) is 1.27. The Morgan fingerprint density at radius 1 is 1.24 bits per heavy atom. The predicted octanol–water partition coefficient (Wildman–Crippen LogP) is 3.17. The van der Waals surface area contributed by atoms with Crippen LogP contribution in [0.3, 0.4) is 0 Å². The van der Waals surface area contributed by atoms with Crippen molar-refractivity contribution < 1.29 is 34.4 Å². The van der Waals surface area contributed by atoms with Gasteiger partial charge in [0.05, 0.1) is 31.2 Å². The van der Waals surface area contributed by atoms with E-state index in [1.54, 1.807) is 0 Å². The number of ether oxygens (including phenoxy) is 2. The van der Waals surface area contributed by atoms with Gasteiger partial charge in [-0.2, -0.15) is 0 Å². The van der Waals surface area contributed by atoms with Gasteiger partial charge < -0.3 is 24.8 Å². The van der Waals surface area contributed by atoms with Crippen molar-refractivity contribution >= 4 is 11.9 Å². The molecule has 0 unspecified atom stereocenters. The smallest absolute Gasteiger partial charge is 0.311 e. The van der Waals surface area contributed by atoms with Crippen LogP contribution in [0.4, 0.5) is 0 Å². The van der Waals surface area contributed by atoms with E-state index in [9.17, 15) is 24.9 Å². The monoisotopic (exact) mass is 466 g/mol. The van der Waals surface area contributed by atoms with E-state index in [1.807, 2.05) is 20.8 Å². The highest BCUT2D eigenvalue weighted by molar-refractivity contribution is 5.76. The second kappa shape index (κ2) is 12.1. The number of hydrogen-bond acceptors (Lipinski definition) is 7. The Kier molecular flexibility index (Phi) is 10.1. The van der Waals surface area contributed by atoms with Gasteiger partial charge in [-0.05, 0) is 63.4 Å². The maximum absolute atomic E-state index is 12.9. The van der Waals surface area contributed by atoms with Crippen molar-refractivity contribution in [3.8, 4) is 0 Å². The Hall–Kier alpha value is -1.70. The third kappa shape index (κ3) is 7.39. The summed E-state index contributed by atoms with van der Waals surface area (Å²) >= 11 is 0. The summed E-state index contributed by atoms with van der Waals surface area (Å²) in [6, 6.07) is 0. The number of esters is 2. The molecule has 0 fully saturated rings. The van der Waals surface area contributed by atoms with Gasteiger partial charge in [0.15, 0.2) is 0 Å². The number of methoxy groups -OCH3 is 1. The number of aliphatic hydroxyl groups excluding tert-OH is 3. The largest absolute Gasteiger partial charge is 0.469 e. The SMILES string of the molecule is CCC(C)(C)C(=O)O[C@H]1C[C@H](CO)C=C2C=C[C@H](C)[C@H](CC[C@@H](O)C[C@@H](O)CC(=O)OC)[C@H]21. The van der Waals surface area contributed by atoms with E-state index in [0.717, 1.165) is 5.57 Å². The van der Waals surface area contributed by atoms with Crippen molar-refractivity contribution in [1.29, 1.82) is 0 Å². The van der Waals surface area contributed by atoms with Gasteiger partial charge in [0, 0.05) is 18.4 Å². The van der Waals surface area contributed by atoms with E-state index < -0.39 is 23.6 Å². The Balaban J connectivity index is 2.14. The molecule has 0 aromatic heterocycles. The maximum Gasteiger partial charge on any atom is 0.311 e. The van der Waals surface area contributed by atoms with Crippen LogP contribution in [0.5, 0.6) is 0 Å². The second-order valence-corrected chi connectivity index (χ2v) is 10.3. The van der Waals surface area contributed by atoms with Crippen LogP contribution in [0.1, 0.15) is 66.2 Å². The fourth-order valence-corrected chi connectivity index (χ4v) is 4.84. The molecule has 0 amide bonds. The molecule has 2 aliphatic rings. The van der Waals surface area contributed by atoms with Crippen LogP contribution in [0.25, 0.3) is 0 Å². The third-order valence-electron chi connectivity index (χ3n) is 7.41. The first-order valence-electron chi connectivity index (χ1n) is 12.2. The minimum Gasteiger partial charge on any atom is -0.469 e. The highest BCUT2D eigenvalue weighted by atomic mass is 16.5. The molecule has 0 saturated heterocycles. The first kappa shape index (κ1) is 27.5. The molecule has 2 rings (SSSR count). The molecule has 7 heteroatoms. The Bertz CT molecular complexity index is 726. The number of rotatable bonds is 11. The zero-order chi connectivity index (χ0) is 24.8. The molecule has 0 radical (unpaired) electrons. The summed E-state index contributed by atoms with van der Waals surface area (Å²) in [5.74, 6) is -0.412. The molecule has 0 aromatic rings. The first-order valence-corrected chi connectivity index (χ1v) is 12.2.